The summed E-state index contributed by atoms with van der Waals surface area (Å²) in [5, 5.41) is 21.0. The molecule has 0 saturated carbocycles. The summed E-state index contributed by atoms with van der Waals surface area (Å²) in [6.07, 6.45) is 0.314. The Labute approximate surface area is 128 Å². The number of carboxylic acids is 1. The molecule has 0 fully saturated rings. The minimum atomic E-state index is -2.07. The van der Waals surface area contributed by atoms with Gasteiger partial charge in [-0.15, -0.1) is 6.58 Å². The van der Waals surface area contributed by atoms with E-state index < -0.39 is 26.1 Å². The van der Waals surface area contributed by atoms with Crippen molar-refractivity contribution < 1.29 is 15.0 Å². The van der Waals surface area contributed by atoms with Crippen LogP contribution < -0.4 is 5.19 Å². The molecule has 0 bridgehead atoms. The van der Waals surface area contributed by atoms with Crippen LogP contribution in [0.2, 0.25) is 18.6 Å². The van der Waals surface area contributed by atoms with Crippen LogP contribution in [0.3, 0.4) is 0 Å². The standard InChI is InChI=1S/C17H26O3Si/c1-6-14(18)15(17(19)20)16(12(2)3)21(4,5)13-10-8-7-9-11-13/h6-12,14-16,18H,1H2,2-5H3,(H,19,20)/t14-,15-,16-/m0/s1. The highest BCUT2D eigenvalue weighted by Gasteiger charge is 2.45. The minimum absolute atomic E-state index is 0.0783. The van der Waals surface area contributed by atoms with Crippen molar-refractivity contribution in [2.45, 2.75) is 38.6 Å². The van der Waals surface area contributed by atoms with E-state index in [1.807, 2.05) is 32.0 Å². The van der Waals surface area contributed by atoms with Gasteiger partial charge < -0.3 is 10.2 Å². The van der Waals surface area contributed by atoms with Gasteiger partial charge in [-0.2, -0.15) is 0 Å². The number of rotatable bonds is 7. The average molecular weight is 306 g/mol. The van der Waals surface area contributed by atoms with Crippen molar-refractivity contribution in [1.29, 1.82) is 0 Å². The molecule has 4 heteroatoms. The van der Waals surface area contributed by atoms with E-state index in [0.717, 1.165) is 0 Å². The van der Waals surface area contributed by atoms with E-state index in [0.29, 0.717) is 0 Å². The first-order valence-electron chi connectivity index (χ1n) is 7.32. The molecule has 3 nitrogen and oxygen atoms in total. The van der Waals surface area contributed by atoms with Gasteiger partial charge in [0.1, 0.15) is 0 Å². The lowest BCUT2D eigenvalue weighted by atomic mass is 9.91. The molecule has 3 atom stereocenters. The number of aliphatic hydroxyl groups excluding tert-OH is 1. The average Bonchev–Trinajstić information content (AvgIpc) is 2.43. The fraction of sp³-hybridized carbons (Fsp3) is 0.471. The SMILES string of the molecule is C=C[C@H](O)[C@H](C(=O)O)[C@H](C(C)C)[Si](C)(C)c1ccccc1. The molecular weight excluding hydrogens is 280 g/mol. The molecule has 116 valence electrons. The van der Waals surface area contributed by atoms with Gasteiger partial charge >= 0.3 is 5.97 Å². The number of benzene rings is 1. The summed E-state index contributed by atoms with van der Waals surface area (Å²) in [5.74, 6) is -1.59. The molecule has 0 spiro atoms. The number of aliphatic carboxylic acids is 1. The largest absolute Gasteiger partial charge is 0.481 e. The van der Waals surface area contributed by atoms with Gasteiger partial charge in [-0.3, -0.25) is 4.79 Å². The highest BCUT2D eigenvalue weighted by molar-refractivity contribution is 6.91. The van der Waals surface area contributed by atoms with Crippen LogP contribution in [0.1, 0.15) is 13.8 Å². The Hall–Kier alpha value is -1.39. The summed E-state index contributed by atoms with van der Waals surface area (Å²) < 4.78 is 0. The molecule has 0 aliphatic rings. The quantitative estimate of drug-likeness (QED) is 0.601. The zero-order valence-corrected chi connectivity index (χ0v) is 14.3. The van der Waals surface area contributed by atoms with Crippen molar-refractivity contribution in [3.8, 4) is 0 Å². The van der Waals surface area contributed by atoms with Gasteiger partial charge in [0.25, 0.3) is 0 Å². The van der Waals surface area contributed by atoms with E-state index in [4.69, 9.17) is 0 Å². The van der Waals surface area contributed by atoms with Crippen molar-refractivity contribution in [3.05, 3.63) is 43.0 Å². The number of carboxylic acid groups (broad SMARTS) is 1. The molecule has 0 heterocycles. The second-order valence-electron chi connectivity index (χ2n) is 6.45. The molecule has 0 saturated heterocycles. The molecule has 1 rings (SSSR count). The highest BCUT2D eigenvalue weighted by atomic mass is 28.3. The third-order valence-electron chi connectivity index (χ3n) is 4.35. The molecule has 0 amide bonds. The first-order valence-corrected chi connectivity index (χ1v) is 10.4. The maximum atomic E-state index is 11.7. The summed E-state index contributed by atoms with van der Waals surface area (Å²) in [4.78, 5) is 11.7. The van der Waals surface area contributed by atoms with E-state index in [-0.39, 0.29) is 11.5 Å². The predicted octanol–water partition coefficient (Wildman–Crippen LogP) is 2.88. The van der Waals surface area contributed by atoms with Crippen LogP contribution in [0.5, 0.6) is 0 Å². The van der Waals surface area contributed by atoms with Crippen molar-refractivity contribution in [2.75, 3.05) is 0 Å². The highest BCUT2D eigenvalue weighted by Crippen LogP contribution is 2.39. The monoisotopic (exact) mass is 306 g/mol. The molecule has 0 unspecified atom stereocenters. The summed E-state index contributed by atoms with van der Waals surface area (Å²) in [5.41, 5.74) is -0.0783. The van der Waals surface area contributed by atoms with E-state index in [1.165, 1.54) is 11.3 Å². The molecule has 0 aliphatic heterocycles. The van der Waals surface area contributed by atoms with Gasteiger partial charge in [-0.1, -0.05) is 68.5 Å². The minimum Gasteiger partial charge on any atom is -0.481 e. The molecule has 2 N–H and O–H groups in total. The van der Waals surface area contributed by atoms with Gasteiger partial charge in [0.15, 0.2) is 0 Å². The maximum Gasteiger partial charge on any atom is 0.309 e. The number of hydrogen-bond acceptors (Lipinski definition) is 2. The first-order chi connectivity index (χ1) is 9.73. The van der Waals surface area contributed by atoms with Crippen molar-refractivity contribution >= 4 is 19.2 Å². The molecule has 0 aliphatic carbocycles. The van der Waals surface area contributed by atoms with Gasteiger partial charge in [-0.25, -0.2) is 0 Å². The summed E-state index contributed by atoms with van der Waals surface area (Å²) >= 11 is 0. The van der Waals surface area contributed by atoms with E-state index in [9.17, 15) is 15.0 Å². The van der Waals surface area contributed by atoms with Crippen LogP contribution in [0, 0.1) is 11.8 Å². The van der Waals surface area contributed by atoms with Crippen molar-refractivity contribution in [3.63, 3.8) is 0 Å². The topological polar surface area (TPSA) is 57.5 Å². The molecule has 0 aromatic heterocycles. The Bertz CT molecular complexity index is 482. The molecule has 1 aromatic rings. The maximum absolute atomic E-state index is 11.7. The fourth-order valence-electron chi connectivity index (χ4n) is 3.42. The summed E-state index contributed by atoms with van der Waals surface area (Å²) in [6.45, 7) is 12.0. The Morgan fingerprint density at radius 1 is 1.24 bits per heavy atom. The van der Waals surface area contributed by atoms with Gasteiger partial charge in [-0.05, 0) is 11.5 Å². The normalized spacial score (nSPS) is 16.3. The smallest absolute Gasteiger partial charge is 0.309 e. The fourth-order valence-corrected chi connectivity index (χ4v) is 7.76. The van der Waals surface area contributed by atoms with E-state index >= 15 is 0 Å². The zero-order valence-electron chi connectivity index (χ0n) is 13.3. The lowest BCUT2D eigenvalue weighted by Gasteiger charge is -2.40. The number of aliphatic hydroxyl groups is 1. The van der Waals surface area contributed by atoms with Crippen LogP contribution in [0.15, 0.2) is 43.0 Å². The molecule has 1 aromatic carbocycles. The van der Waals surface area contributed by atoms with Crippen LogP contribution in [-0.4, -0.2) is 30.4 Å². The second kappa shape index (κ2) is 7.05. The van der Waals surface area contributed by atoms with Crippen LogP contribution in [-0.2, 0) is 4.79 Å². The molecule has 0 radical (unpaired) electrons. The van der Waals surface area contributed by atoms with Crippen LogP contribution in [0.4, 0.5) is 0 Å². The van der Waals surface area contributed by atoms with Gasteiger partial charge in [0.05, 0.1) is 20.1 Å². The van der Waals surface area contributed by atoms with Crippen molar-refractivity contribution in [1.82, 2.24) is 0 Å². The van der Waals surface area contributed by atoms with Crippen molar-refractivity contribution in [2.24, 2.45) is 11.8 Å². The Balaban J connectivity index is 3.33. The van der Waals surface area contributed by atoms with Gasteiger partial charge in [0.2, 0.25) is 0 Å². The third-order valence-corrected chi connectivity index (χ3v) is 8.86. The van der Waals surface area contributed by atoms with Gasteiger partial charge in [0, 0.05) is 0 Å². The van der Waals surface area contributed by atoms with E-state index in [1.54, 1.807) is 0 Å². The predicted molar refractivity (Wildman–Crippen MR) is 89.5 cm³/mol. The van der Waals surface area contributed by atoms with Crippen LogP contribution in [0.25, 0.3) is 0 Å². The number of carbonyl (C=O) groups is 1. The Morgan fingerprint density at radius 2 is 1.76 bits per heavy atom. The Kier molecular flexibility index (Phi) is 5.93. The zero-order chi connectivity index (χ0) is 16.2. The molecule has 21 heavy (non-hydrogen) atoms. The summed E-state index contributed by atoms with van der Waals surface area (Å²) in [6, 6.07) is 10.1. The Morgan fingerprint density at radius 3 is 2.14 bits per heavy atom. The van der Waals surface area contributed by atoms with E-state index in [2.05, 4.69) is 31.8 Å². The lowest BCUT2D eigenvalue weighted by molar-refractivity contribution is -0.145. The lowest BCUT2D eigenvalue weighted by Crippen LogP contribution is -2.53. The second-order valence-corrected chi connectivity index (χ2v) is 11.1. The third kappa shape index (κ3) is 3.83. The summed E-state index contributed by atoms with van der Waals surface area (Å²) in [7, 11) is -2.07. The van der Waals surface area contributed by atoms with Crippen LogP contribution >= 0.6 is 0 Å². The molecular formula is C17H26O3Si. The first kappa shape index (κ1) is 17.7. The number of hydrogen-bond donors (Lipinski definition) is 2.